The Morgan fingerprint density at radius 2 is 2.28 bits per heavy atom. The van der Waals surface area contributed by atoms with Gasteiger partial charge in [-0.15, -0.1) is 0 Å². The molecule has 1 aliphatic heterocycles. The van der Waals surface area contributed by atoms with Crippen LogP contribution in [0.1, 0.15) is 44.9 Å². The molecule has 2 nitrogen and oxygen atoms in total. The van der Waals surface area contributed by atoms with Crippen LogP contribution in [0.4, 0.5) is 0 Å². The molecule has 0 aromatic carbocycles. The van der Waals surface area contributed by atoms with E-state index in [-0.39, 0.29) is 5.60 Å². The maximum absolute atomic E-state index is 5.92. The summed E-state index contributed by atoms with van der Waals surface area (Å²) in [6, 6.07) is 0. The molecule has 0 saturated heterocycles. The first-order valence-electron chi connectivity index (χ1n) is 7.22. The third-order valence-electron chi connectivity index (χ3n) is 4.93. The maximum Gasteiger partial charge on any atom is 0.102 e. The predicted octanol–water partition coefficient (Wildman–Crippen LogP) is 1.81. The topological polar surface area (TPSA) is 25.0 Å². The lowest BCUT2D eigenvalue weighted by Crippen LogP contribution is -2.33. The summed E-state index contributed by atoms with van der Waals surface area (Å²) in [5.41, 5.74) is 4.35. The van der Waals surface area contributed by atoms with Crippen LogP contribution < -0.4 is 10.6 Å². The molecule has 4 rings (SSSR count). The van der Waals surface area contributed by atoms with Gasteiger partial charge in [0.05, 0.1) is 12.3 Å². The molecule has 0 bridgehead atoms. The molecule has 2 aliphatic carbocycles. The Balaban J connectivity index is 2.06. The van der Waals surface area contributed by atoms with E-state index in [0.29, 0.717) is 0 Å². The number of fused-ring (bicyclic) bond motifs is 4. The van der Waals surface area contributed by atoms with Gasteiger partial charge in [0.25, 0.3) is 0 Å². The standard InChI is InChI=1S/C16H21NO/c1-4-10-12-7-9(12)8-13-11-5-6-18-16(2,3)15(11)17-14(10)13/h8-9,12,17H,4-7H2,1-3H3. The van der Waals surface area contributed by atoms with Gasteiger partial charge < -0.3 is 9.72 Å². The quantitative estimate of drug-likeness (QED) is 0.799. The third-order valence-corrected chi connectivity index (χ3v) is 4.93. The summed E-state index contributed by atoms with van der Waals surface area (Å²) < 4.78 is 5.92. The summed E-state index contributed by atoms with van der Waals surface area (Å²) in [6.45, 7) is 7.51. The molecule has 96 valence electrons. The summed E-state index contributed by atoms with van der Waals surface area (Å²) in [7, 11) is 0. The second-order valence-corrected chi connectivity index (χ2v) is 6.43. The van der Waals surface area contributed by atoms with E-state index in [4.69, 9.17) is 4.74 Å². The monoisotopic (exact) mass is 243 g/mol. The zero-order chi connectivity index (χ0) is 12.5. The van der Waals surface area contributed by atoms with E-state index in [0.717, 1.165) is 24.9 Å². The lowest BCUT2D eigenvalue weighted by molar-refractivity contribution is -0.0344. The van der Waals surface area contributed by atoms with Crippen LogP contribution >= 0.6 is 0 Å². The lowest BCUT2D eigenvalue weighted by Gasteiger charge is -2.30. The zero-order valence-corrected chi connectivity index (χ0v) is 11.5. The van der Waals surface area contributed by atoms with Crippen LogP contribution in [0.15, 0.2) is 0 Å². The highest BCUT2D eigenvalue weighted by Crippen LogP contribution is 2.48. The van der Waals surface area contributed by atoms with Crippen molar-refractivity contribution in [2.75, 3.05) is 6.61 Å². The predicted molar refractivity (Wildman–Crippen MR) is 72.5 cm³/mol. The minimum atomic E-state index is -0.151. The first-order chi connectivity index (χ1) is 8.62. The van der Waals surface area contributed by atoms with Gasteiger partial charge in [-0.05, 0) is 61.3 Å². The van der Waals surface area contributed by atoms with E-state index in [1.54, 1.807) is 5.57 Å². The fourth-order valence-corrected chi connectivity index (χ4v) is 3.88. The van der Waals surface area contributed by atoms with Gasteiger partial charge in [-0.3, -0.25) is 0 Å². The van der Waals surface area contributed by atoms with E-state index in [1.165, 1.54) is 34.7 Å². The Labute approximate surface area is 108 Å². The van der Waals surface area contributed by atoms with Crippen molar-refractivity contribution in [2.24, 2.45) is 11.8 Å². The molecule has 1 saturated carbocycles. The normalized spacial score (nSPS) is 31.2. The highest BCUT2D eigenvalue weighted by atomic mass is 16.5. The molecule has 18 heavy (non-hydrogen) atoms. The van der Waals surface area contributed by atoms with Crippen molar-refractivity contribution in [3.05, 3.63) is 21.8 Å². The molecule has 1 aromatic rings. The SMILES string of the molecule is CCC1=c2[nH]c3c(c2=CC2CC12)CCOC3(C)C. The van der Waals surface area contributed by atoms with Crippen LogP contribution in [0, 0.1) is 11.8 Å². The van der Waals surface area contributed by atoms with Gasteiger partial charge in [0.2, 0.25) is 0 Å². The maximum atomic E-state index is 5.92. The van der Waals surface area contributed by atoms with Crippen LogP contribution in [0.25, 0.3) is 11.6 Å². The van der Waals surface area contributed by atoms with E-state index < -0.39 is 0 Å². The van der Waals surface area contributed by atoms with Crippen molar-refractivity contribution in [3.63, 3.8) is 0 Å². The average Bonchev–Trinajstić information content (AvgIpc) is 2.99. The Morgan fingerprint density at radius 3 is 3.06 bits per heavy atom. The van der Waals surface area contributed by atoms with Crippen molar-refractivity contribution in [3.8, 4) is 0 Å². The minimum absolute atomic E-state index is 0.151. The van der Waals surface area contributed by atoms with Crippen LogP contribution in [0.2, 0.25) is 0 Å². The average molecular weight is 243 g/mol. The molecule has 0 radical (unpaired) electrons. The first kappa shape index (κ1) is 10.9. The molecule has 0 amide bonds. The van der Waals surface area contributed by atoms with Gasteiger partial charge in [-0.25, -0.2) is 0 Å². The Bertz CT molecular complexity index is 635. The Kier molecular flexibility index (Phi) is 1.99. The number of ether oxygens (including phenoxy) is 1. The lowest BCUT2D eigenvalue weighted by atomic mass is 9.94. The zero-order valence-electron chi connectivity index (χ0n) is 11.5. The molecular formula is C16H21NO. The highest BCUT2D eigenvalue weighted by Gasteiger charge is 2.41. The number of hydrogen-bond donors (Lipinski definition) is 1. The smallest absolute Gasteiger partial charge is 0.102 e. The van der Waals surface area contributed by atoms with E-state index in [1.807, 2.05) is 0 Å². The van der Waals surface area contributed by atoms with Crippen LogP contribution in [-0.2, 0) is 16.8 Å². The van der Waals surface area contributed by atoms with E-state index in [9.17, 15) is 0 Å². The largest absolute Gasteiger partial charge is 0.369 e. The Morgan fingerprint density at radius 1 is 1.44 bits per heavy atom. The van der Waals surface area contributed by atoms with Gasteiger partial charge >= 0.3 is 0 Å². The Hall–Kier alpha value is -1.02. The molecule has 3 aliphatic rings. The highest BCUT2D eigenvalue weighted by molar-refractivity contribution is 5.61. The molecule has 2 unspecified atom stereocenters. The summed E-state index contributed by atoms with van der Waals surface area (Å²) in [5.74, 6) is 1.67. The van der Waals surface area contributed by atoms with Crippen molar-refractivity contribution >= 4 is 11.6 Å². The second-order valence-electron chi connectivity index (χ2n) is 6.43. The van der Waals surface area contributed by atoms with Gasteiger partial charge in [0.15, 0.2) is 0 Å². The van der Waals surface area contributed by atoms with Crippen molar-refractivity contribution in [1.29, 1.82) is 0 Å². The molecule has 1 fully saturated rings. The molecule has 0 spiro atoms. The number of aromatic nitrogens is 1. The van der Waals surface area contributed by atoms with Crippen LogP contribution in [-0.4, -0.2) is 11.6 Å². The van der Waals surface area contributed by atoms with Gasteiger partial charge in [0, 0.05) is 5.35 Å². The number of nitrogens with one attached hydrogen (secondary N) is 1. The molecule has 1 aromatic heterocycles. The minimum Gasteiger partial charge on any atom is -0.369 e. The number of aromatic amines is 1. The fraction of sp³-hybridized carbons (Fsp3) is 0.625. The summed E-state index contributed by atoms with van der Waals surface area (Å²) in [6.07, 6.45) is 6.15. The van der Waals surface area contributed by atoms with Crippen molar-refractivity contribution in [2.45, 2.75) is 45.6 Å². The van der Waals surface area contributed by atoms with Crippen molar-refractivity contribution < 1.29 is 4.74 Å². The van der Waals surface area contributed by atoms with Crippen LogP contribution in [0.3, 0.4) is 0 Å². The molecule has 1 N–H and O–H groups in total. The van der Waals surface area contributed by atoms with E-state index in [2.05, 4.69) is 31.8 Å². The van der Waals surface area contributed by atoms with Gasteiger partial charge in [-0.1, -0.05) is 13.0 Å². The number of H-pyrrole nitrogens is 1. The molecular weight excluding hydrogens is 222 g/mol. The van der Waals surface area contributed by atoms with E-state index >= 15 is 0 Å². The number of hydrogen-bond acceptors (Lipinski definition) is 1. The fourth-order valence-electron chi connectivity index (χ4n) is 3.88. The van der Waals surface area contributed by atoms with Crippen molar-refractivity contribution in [1.82, 2.24) is 4.98 Å². The van der Waals surface area contributed by atoms with Gasteiger partial charge in [0.1, 0.15) is 5.60 Å². The number of rotatable bonds is 1. The first-order valence-corrected chi connectivity index (χ1v) is 7.22. The van der Waals surface area contributed by atoms with Gasteiger partial charge in [-0.2, -0.15) is 0 Å². The second kappa shape index (κ2) is 3.30. The summed E-state index contributed by atoms with van der Waals surface area (Å²) >= 11 is 0. The summed E-state index contributed by atoms with van der Waals surface area (Å²) in [4.78, 5) is 3.71. The molecule has 2 heteroatoms. The summed E-state index contributed by atoms with van der Waals surface area (Å²) in [5, 5.41) is 2.94. The molecule has 2 atom stereocenters. The van der Waals surface area contributed by atoms with Crippen LogP contribution in [0.5, 0.6) is 0 Å². The molecule has 2 heterocycles. The third kappa shape index (κ3) is 1.27.